The molecule has 0 bridgehead atoms. The Morgan fingerprint density at radius 2 is 1.95 bits per heavy atom. The number of para-hydroxylation sites is 1. The molecule has 0 saturated carbocycles. The van der Waals surface area contributed by atoms with Gasteiger partial charge >= 0.3 is 0 Å². The summed E-state index contributed by atoms with van der Waals surface area (Å²) in [4.78, 5) is 3.26. The Kier molecular flexibility index (Phi) is 3.60. The number of anilines is 1. The first-order chi connectivity index (χ1) is 9.65. The van der Waals surface area contributed by atoms with Gasteiger partial charge in [-0.15, -0.1) is 0 Å². The van der Waals surface area contributed by atoms with E-state index < -0.39 is 0 Å². The molecule has 0 saturated heterocycles. The first-order valence-electron chi connectivity index (χ1n) is 6.39. The van der Waals surface area contributed by atoms with Crippen LogP contribution in [0.2, 0.25) is 10.0 Å². The van der Waals surface area contributed by atoms with Crippen molar-refractivity contribution in [3.05, 3.63) is 63.8 Å². The number of aromatic nitrogens is 1. The van der Waals surface area contributed by atoms with Crippen LogP contribution in [0.25, 0.3) is 10.9 Å². The van der Waals surface area contributed by atoms with Gasteiger partial charge in [0.2, 0.25) is 0 Å². The smallest absolute Gasteiger partial charge is 0.0641 e. The number of aryl methyl sites for hydroxylation is 1. The Labute approximate surface area is 127 Å². The molecule has 0 spiro atoms. The molecule has 4 heteroatoms. The Balaban J connectivity index is 1.86. The molecule has 0 aliphatic carbocycles. The average Bonchev–Trinajstić information content (AvgIpc) is 2.90. The highest BCUT2D eigenvalue weighted by atomic mass is 35.5. The van der Waals surface area contributed by atoms with E-state index in [-0.39, 0.29) is 0 Å². The molecule has 0 amide bonds. The fraction of sp³-hybridized carbons (Fsp3) is 0.125. The molecule has 3 aromatic rings. The lowest BCUT2D eigenvalue weighted by Gasteiger charge is -2.11. The van der Waals surface area contributed by atoms with E-state index in [1.54, 1.807) is 0 Å². The maximum Gasteiger partial charge on any atom is 0.0641 e. The molecule has 3 rings (SSSR count). The topological polar surface area (TPSA) is 27.8 Å². The predicted octanol–water partition coefficient (Wildman–Crippen LogP) is 5.40. The van der Waals surface area contributed by atoms with Crippen LogP contribution in [0.1, 0.15) is 11.1 Å². The van der Waals surface area contributed by atoms with E-state index in [9.17, 15) is 0 Å². The maximum absolute atomic E-state index is 6.24. The van der Waals surface area contributed by atoms with Crippen molar-refractivity contribution < 1.29 is 0 Å². The van der Waals surface area contributed by atoms with Crippen LogP contribution < -0.4 is 5.32 Å². The summed E-state index contributed by atoms with van der Waals surface area (Å²) in [6, 6.07) is 12.0. The van der Waals surface area contributed by atoms with Crippen molar-refractivity contribution in [1.82, 2.24) is 4.98 Å². The van der Waals surface area contributed by atoms with Gasteiger partial charge in [-0.25, -0.2) is 0 Å². The van der Waals surface area contributed by atoms with Crippen LogP contribution in [0, 0.1) is 6.92 Å². The fourth-order valence-electron chi connectivity index (χ4n) is 2.27. The molecule has 0 unspecified atom stereocenters. The zero-order valence-corrected chi connectivity index (χ0v) is 12.5. The van der Waals surface area contributed by atoms with Crippen molar-refractivity contribution in [2.24, 2.45) is 0 Å². The zero-order chi connectivity index (χ0) is 14.1. The Morgan fingerprint density at radius 1 is 1.10 bits per heavy atom. The van der Waals surface area contributed by atoms with Crippen molar-refractivity contribution in [2.45, 2.75) is 13.5 Å². The molecule has 2 N–H and O–H groups in total. The molecule has 1 heterocycles. The Morgan fingerprint density at radius 3 is 2.80 bits per heavy atom. The quantitative estimate of drug-likeness (QED) is 0.666. The molecule has 1 aromatic heterocycles. The van der Waals surface area contributed by atoms with E-state index in [1.165, 1.54) is 10.9 Å². The lowest BCUT2D eigenvalue weighted by molar-refractivity contribution is 1.16. The lowest BCUT2D eigenvalue weighted by atomic mass is 10.1. The molecule has 0 radical (unpaired) electrons. The third-order valence-corrected chi connectivity index (χ3v) is 4.11. The first kappa shape index (κ1) is 13.3. The number of benzene rings is 2. The van der Waals surface area contributed by atoms with E-state index in [2.05, 4.69) is 34.6 Å². The minimum absolute atomic E-state index is 0.686. The van der Waals surface area contributed by atoms with E-state index in [0.717, 1.165) is 21.8 Å². The van der Waals surface area contributed by atoms with Crippen molar-refractivity contribution in [2.75, 3.05) is 5.32 Å². The summed E-state index contributed by atoms with van der Waals surface area (Å²) >= 11 is 12.4. The highest BCUT2D eigenvalue weighted by Gasteiger charge is 2.06. The van der Waals surface area contributed by atoms with Gasteiger partial charge in [0.15, 0.2) is 0 Å². The van der Waals surface area contributed by atoms with Gasteiger partial charge in [-0.2, -0.15) is 0 Å². The summed E-state index contributed by atoms with van der Waals surface area (Å²) in [5.74, 6) is 0. The number of aromatic amines is 1. The predicted molar refractivity (Wildman–Crippen MR) is 86.8 cm³/mol. The number of fused-ring (bicyclic) bond motifs is 1. The van der Waals surface area contributed by atoms with E-state index in [0.29, 0.717) is 11.6 Å². The third-order valence-electron chi connectivity index (χ3n) is 3.39. The van der Waals surface area contributed by atoms with E-state index in [4.69, 9.17) is 23.2 Å². The first-order valence-corrected chi connectivity index (χ1v) is 7.15. The summed E-state index contributed by atoms with van der Waals surface area (Å²) in [6.45, 7) is 2.63. The molecule has 0 aliphatic rings. The number of hydrogen-bond donors (Lipinski definition) is 2. The van der Waals surface area contributed by atoms with Gasteiger partial charge in [-0.3, -0.25) is 0 Å². The van der Waals surface area contributed by atoms with E-state index >= 15 is 0 Å². The van der Waals surface area contributed by atoms with Gasteiger partial charge in [-0.05, 0) is 41.6 Å². The van der Waals surface area contributed by atoms with Crippen molar-refractivity contribution in [3.8, 4) is 0 Å². The summed E-state index contributed by atoms with van der Waals surface area (Å²) in [7, 11) is 0. The largest absolute Gasteiger partial charge is 0.380 e. The summed E-state index contributed by atoms with van der Waals surface area (Å²) in [6.07, 6.45) is 1.95. The maximum atomic E-state index is 6.24. The van der Waals surface area contributed by atoms with Crippen LogP contribution >= 0.6 is 23.2 Å². The zero-order valence-electron chi connectivity index (χ0n) is 11.0. The van der Waals surface area contributed by atoms with Crippen LogP contribution in [-0.4, -0.2) is 4.98 Å². The number of hydrogen-bond acceptors (Lipinski definition) is 1. The SMILES string of the molecule is Cc1cc(Cl)c(NCc2cccc3cc[nH]c23)cc1Cl. The standard InChI is InChI=1S/C16H14Cl2N2/c1-10-7-14(18)15(8-13(10)17)20-9-12-4-2-3-11-5-6-19-16(11)12/h2-8,19-20H,9H2,1H3. The number of H-pyrrole nitrogens is 1. The third kappa shape index (κ3) is 2.49. The summed E-state index contributed by atoms with van der Waals surface area (Å²) < 4.78 is 0. The molecular formula is C16H14Cl2N2. The van der Waals surface area contributed by atoms with E-state index in [1.807, 2.05) is 25.3 Å². The van der Waals surface area contributed by atoms with Gasteiger partial charge < -0.3 is 10.3 Å². The molecule has 0 atom stereocenters. The highest BCUT2D eigenvalue weighted by Crippen LogP contribution is 2.29. The second-order valence-corrected chi connectivity index (χ2v) is 5.61. The molecule has 102 valence electrons. The van der Waals surface area contributed by atoms with Crippen LogP contribution in [0.5, 0.6) is 0 Å². The minimum atomic E-state index is 0.686. The highest BCUT2D eigenvalue weighted by molar-refractivity contribution is 6.35. The molecule has 2 nitrogen and oxygen atoms in total. The summed E-state index contributed by atoms with van der Waals surface area (Å²) in [5, 5.41) is 5.95. The molecule has 2 aromatic carbocycles. The van der Waals surface area contributed by atoms with Crippen molar-refractivity contribution >= 4 is 39.8 Å². The number of nitrogens with one attached hydrogen (secondary N) is 2. The average molecular weight is 305 g/mol. The van der Waals surface area contributed by atoms with Crippen LogP contribution in [-0.2, 0) is 6.54 Å². The minimum Gasteiger partial charge on any atom is -0.380 e. The van der Waals surface area contributed by atoms with Crippen LogP contribution in [0.3, 0.4) is 0 Å². The lowest BCUT2D eigenvalue weighted by Crippen LogP contribution is -2.01. The molecule has 0 aliphatic heterocycles. The number of rotatable bonds is 3. The number of halogens is 2. The van der Waals surface area contributed by atoms with Gasteiger partial charge in [0, 0.05) is 17.8 Å². The van der Waals surface area contributed by atoms with Gasteiger partial charge in [0.05, 0.1) is 16.2 Å². The van der Waals surface area contributed by atoms with Gasteiger partial charge in [0.1, 0.15) is 0 Å². The van der Waals surface area contributed by atoms with Crippen LogP contribution in [0.4, 0.5) is 5.69 Å². The Bertz CT molecular complexity index is 762. The monoisotopic (exact) mass is 304 g/mol. The molecule has 20 heavy (non-hydrogen) atoms. The Hall–Kier alpha value is -1.64. The second kappa shape index (κ2) is 5.39. The van der Waals surface area contributed by atoms with Gasteiger partial charge in [-0.1, -0.05) is 41.4 Å². The molecular weight excluding hydrogens is 291 g/mol. The normalized spacial score (nSPS) is 10.9. The van der Waals surface area contributed by atoms with Gasteiger partial charge in [0.25, 0.3) is 0 Å². The second-order valence-electron chi connectivity index (χ2n) is 4.79. The van der Waals surface area contributed by atoms with Crippen molar-refractivity contribution in [1.29, 1.82) is 0 Å². The van der Waals surface area contributed by atoms with Crippen molar-refractivity contribution in [3.63, 3.8) is 0 Å². The van der Waals surface area contributed by atoms with Crippen LogP contribution in [0.15, 0.2) is 42.6 Å². The summed E-state index contributed by atoms with van der Waals surface area (Å²) in [5.41, 5.74) is 4.18. The molecule has 0 fully saturated rings. The fourth-order valence-corrected chi connectivity index (χ4v) is 2.72.